The fourth-order valence-electron chi connectivity index (χ4n) is 2.72. The van der Waals surface area contributed by atoms with E-state index in [-0.39, 0.29) is 0 Å². The summed E-state index contributed by atoms with van der Waals surface area (Å²) in [6.07, 6.45) is 6.44. The maximum absolute atomic E-state index is 4.29. The van der Waals surface area contributed by atoms with Gasteiger partial charge in [0.25, 0.3) is 0 Å². The second-order valence-electron chi connectivity index (χ2n) is 4.98. The number of aryl methyl sites for hydroxylation is 1. The fraction of sp³-hybridized carbons (Fsp3) is 0.400. The third kappa shape index (κ3) is 2.18. The highest BCUT2D eigenvalue weighted by Gasteiger charge is 2.15. The van der Waals surface area contributed by atoms with Crippen LogP contribution in [0.2, 0.25) is 0 Å². The van der Waals surface area contributed by atoms with E-state index in [4.69, 9.17) is 0 Å². The van der Waals surface area contributed by atoms with Crippen LogP contribution in [-0.2, 0) is 0 Å². The maximum Gasteiger partial charge on any atom is 0.110 e. The summed E-state index contributed by atoms with van der Waals surface area (Å²) in [5, 5.41) is 3.48. The first-order chi connectivity index (χ1) is 8.84. The van der Waals surface area contributed by atoms with Gasteiger partial charge < -0.3 is 9.88 Å². The molecule has 3 rings (SSSR count). The molecule has 0 amide bonds. The minimum Gasteiger partial charge on any atom is -0.316 e. The summed E-state index contributed by atoms with van der Waals surface area (Å²) in [4.78, 5) is 4.29. The van der Waals surface area contributed by atoms with Gasteiger partial charge in [-0.15, -0.1) is 0 Å². The molecular weight excluding hydrogens is 222 g/mol. The van der Waals surface area contributed by atoms with E-state index < -0.39 is 0 Å². The second-order valence-corrected chi connectivity index (χ2v) is 4.98. The Hall–Kier alpha value is -1.61. The Balaban J connectivity index is 1.91. The first kappa shape index (κ1) is 11.5. The van der Waals surface area contributed by atoms with Crippen molar-refractivity contribution in [2.45, 2.75) is 25.7 Å². The Bertz CT molecular complexity index is 524. The van der Waals surface area contributed by atoms with Crippen LogP contribution in [0.3, 0.4) is 0 Å². The lowest BCUT2D eigenvalue weighted by Gasteiger charge is -2.23. The van der Waals surface area contributed by atoms with Crippen molar-refractivity contribution in [1.82, 2.24) is 14.9 Å². The van der Waals surface area contributed by atoms with E-state index in [0.29, 0.717) is 5.92 Å². The summed E-state index contributed by atoms with van der Waals surface area (Å²) < 4.78 is 2.14. The Morgan fingerprint density at radius 3 is 3.06 bits per heavy atom. The van der Waals surface area contributed by atoms with E-state index in [2.05, 4.69) is 39.1 Å². The van der Waals surface area contributed by atoms with Crippen LogP contribution >= 0.6 is 0 Å². The summed E-state index contributed by atoms with van der Waals surface area (Å²) in [6.45, 7) is 4.30. The molecule has 1 saturated heterocycles. The molecule has 2 aromatic rings. The molecule has 0 radical (unpaired) electrons. The van der Waals surface area contributed by atoms with E-state index in [9.17, 15) is 0 Å². The molecule has 1 atom stereocenters. The van der Waals surface area contributed by atoms with Crippen molar-refractivity contribution < 1.29 is 0 Å². The van der Waals surface area contributed by atoms with Crippen LogP contribution in [0.1, 0.15) is 30.1 Å². The molecule has 3 heteroatoms. The highest BCUT2D eigenvalue weighted by atomic mass is 15.1. The minimum absolute atomic E-state index is 0.655. The minimum atomic E-state index is 0.655. The largest absolute Gasteiger partial charge is 0.316 e. The highest BCUT2D eigenvalue weighted by Crippen LogP contribution is 2.25. The van der Waals surface area contributed by atoms with E-state index in [1.165, 1.54) is 24.1 Å². The average Bonchev–Trinajstić information content (AvgIpc) is 2.86. The number of imidazole rings is 1. The molecule has 1 aromatic heterocycles. The molecule has 1 aliphatic heterocycles. The Labute approximate surface area is 108 Å². The molecule has 1 aromatic carbocycles. The predicted molar refractivity (Wildman–Crippen MR) is 73.1 cm³/mol. The van der Waals surface area contributed by atoms with Crippen LogP contribution < -0.4 is 5.32 Å². The van der Waals surface area contributed by atoms with Crippen molar-refractivity contribution in [3.05, 3.63) is 48.0 Å². The standard InChI is InChI=1S/C15H19N3/c1-12-17-8-9-18(12)15-6-2-4-13(10-15)14-5-3-7-16-11-14/h2,4,6,8-10,14,16H,3,5,7,11H2,1H3. The Kier molecular flexibility index (Phi) is 3.15. The SMILES string of the molecule is Cc1nccn1-c1cccc(C2CCCNC2)c1. The zero-order valence-corrected chi connectivity index (χ0v) is 10.8. The van der Waals surface area contributed by atoms with Crippen molar-refractivity contribution in [2.75, 3.05) is 13.1 Å². The average molecular weight is 241 g/mol. The second kappa shape index (κ2) is 4.94. The first-order valence-electron chi connectivity index (χ1n) is 6.65. The molecule has 0 saturated carbocycles. The molecule has 1 aliphatic rings. The van der Waals surface area contributed by atoms with E-state index in [0.717, 1.165) is 18.9 Å². The van der Waals surface area contributed by atoms with Crippen LogP contribution in [0.15, 0.2) is 36.7 Å². The molecule has 0 bridgehead atoms. The predicted octanol–water partition coefficient (Wildman–Crippen LogP) is 2.65. The lowest BCUT2D eigenvalue weighted by atomic mass is 9.91. The number of hydrogen-bond donors (Lipinski definition) is 1. The Morgan fingerprint density at radius 2 is 2.33 bits per heavy atom. The number of nitrogens with zero attached hydrogens (tertiary/aromatic N) is 2. The van der Waals surface area contributed by atoms with Gasteiger partial charge in [0.2, 0.25) is 0 Å². The van der Waals surface area contributed by atoms with E-state index in [1.54, 1.807) is 0 Å². The number of nitrogens with one attached hydrogen (secondary N) is 1. The number of benzene rings is 1. The van der Waals surface area contributed by atoms with Crippen LogP contribution in [0.5, 0.6) is 0 Å². The molecule has 1 N–H and O–H groups in total. The van der Waals surface area contributed by atoms with Gasteiger partial charge in [0.05, 0.1) is 0 Å². The number of rotatable bonds is 2. The van der Waals surface area contributed by atoms with Gasteiger partial charge >= 0.3 is 0 Å². The highest BCUT2D eigenvalue weighted by molar-refractivity contribution is 5.38. The zero-order valence-electron chi connectivity index (χ0n) is 10.8. The summed E-state index contributed by atoms with van der Waals surface area (Å²) >= 11 is 0. The van der Waals surface area contributed by atoms with Gasteiger partial charge in [-0.2, -0.15) is 0 Å². The molecule has 0 aliphatic carbocycles. The van der Waals surface area contributed by atoms with Gasteiger partial charge in [-0.05, 0) is 49.9 Å². The van der Waals surface area contributed by atoms with Crippen LogP contribution in [0, 0.1) is 6.92 Å². The topological polar surface area (TPSA) is 29.9 Å². The van der Waals surface area contributed by atoms with Crippen LogP contribution in [0.4, 0.5) is 0 Å². The van der Waals surface area contributed by atoms with Crippen molar-refractivity contribution in [3.63, 3.8) is 0 Å². The lowest BCUT2D eigenvalue weighted by molar-refractivity contribution is 0.461. The molecule has 3 nitrogen and oxygen atoms in total. The molecule has 18 heavy (non-hydrogen) atoms. The van der Waals surface area contributed by atoms with Gasteiger partial charge in [0.1, 0.15) is 5.82 Å². The summed E-state index contributed by atoms with van der Waals surface area (Å²) in [7, 11) is 0. The molecule has 94 valence electrons. The monoisotopic (exact) mass is 241 g/mol. The first-order valence-corrected chi connectivity index (χ1v) is 6.65. The van der Waals surface area contributed by atoms with Crippen LogP contribution in [0.25, 0.3) is 5.69 Å². The van der Waals surface area contributed by atoms with Crippen molar-refractivity contribution in [1.29, 1.82) is 0 Å². The summed E-state index contributed by atoms with van der Waals surface area (Å²) in [5.41, 5.74) is 2.65. The Morgan fingerprint density at radius 1 is 1.39 bits per heavy atom. The van der Waals surface area contributed by atoms with Gasteiger partial charge in [-0.25, -0.2) is 4.98 Å². The normalized spacial score (nSPS) is 19.9. The fourth-order valence-corrected chi connectivity index (χ4v) is 2.72. The summed E-state index contributed by atoms with van der Waals surface area (Å²) in [6, 6.07) is 8.84. The molecule has 1 unspecified atom stereocenters. The summed E-state index contributed by atoms with van der Waals surface area (Å²) in [5.74, 6) is 1.69. The molecule has 1 fully saturated rings. The van der Waals surface area contributed by atoms with Crippen molar-refractivity contribution in [3.8, 4) is 5.69 Å². The lowest BCUT2D eigenvalue weighted by Crippen LogP contribution is -2.28. The zero-order chi connectivity index (χ0) is 12.4. The van der Waals surface area contributed by atoms with Gasteiger partial charge in [-0.3, -0.25) is 0 Å². The quantitative estimate of drug-likeness (QED) is 0.876. The number of piperidine rings is 1. The maximum atomic E-state index is 4.29. The smallest absolute Gasteiger partial charge is 0.110 e. The van der Waals surface area contributed by atoms with E-state index >= 15 is 0 Å². The van der Waals surface area contributed by atoms with Gasteiger partial charge in [0, 0.05) is 24.6 Å². The number of hydrogen-bond acceptors (Lipinski definition) is 2. The van der Waals surface area contributed by atoms with Crippen LogP contribution in [-0.4, -0.2) is 22.6 Å². The number of aromatic nitrogens is 2. The molecular formula is C15H19N3. The van der Waals surface area contributed by atoms with Gasteiger partial charge in [-0.1, -0.05) is 12.1 Å². The third-order valence-corrected chi connectivity index (χ3v) is 3.74. The molecule has 0 spiro atoms. The molecule has 2 heterocycles. The third-order valence-electron chi connectivity index (χ3n) is 3.74. The van der Waals surface area contributed by atoms with E-state index in [1.807, 2.05) is 19.3 Å². The van der Waals surface area contributed by atoms with Crippen molar-refractivity contribution in [2.24, 2.45) is 0 Å². The van der Waals surface area contributed by atoms with Gasteiger partial charge in [0.15, 0.2) is 0 Å². The van der Waals surface area contributed by atoms with Crippen molar-refractivity contribution >= 4 is 0 Å².